The molecular formula is C9H11FN2O2. The second-order valence-corrected chi connectivity index (χ2v) is 2.59. The molecule has 0 bridgehead atoms. The van der Waals surface area contributed by atoms with E-state index in [1.54, 1.807) is 0 Å². The number of esters is 1. The number of pyridine rings is 1. The molecule has 0 aliphatic carbocycles. The third-order valence-corrected chi connectivity index (χ3v) is 1.61. The molecule has 0 aliphatic heterocycles. The number of hydrogen-bond acceptors (Lipinski definition) is 4. The Balaban J connectivity index is 2.39. The van der Waals surface area contributed by atoms with Crippen LogP contribution < -0.4 is 5.32 Å². The lowest BCUT2D eigenvalue weighted by atomic mass is 10.4. The van der Waals surface area contributed by atoms with Crippen molar-refractivity contribution < 1.29 is 13.9 Å². The maximum Gasteiger partial charge on any atom is 0.307 e. The molecule has 1 heterocycles. The van der Waals surface area contributed by atoms with Gasteiger partial charge in [0.05, 0.1) is 13.5 Å². The molecule has 1 aromatic rings. The second-order valence-electron chi connectivity index (χ2n) is 2.59. The normalized spacial score (nSPS) is 9.57. The first kappa shape index (κ1) is 10.4. The molecule has 0 fully saturated rings. The van der Waals surface area contributed by atoms with Crippen LogP contribution in [-0.2, 0) is 9.53 Å². The van der Waals surface area contributed by atoms with E-state index in [4.69, 9.17) is 0 Å². The molecule has 0 saturated heterocycles. The van der Waals surface area contributed by atoms with Crippen LogP contribution >= 0.6 is 0 Å². The van der Waals surface area contributed by atoms with Crippen LogP contribution in [0.4, 0.5) is 10.2 Å². The summed E-state index contributed by atoms with van der Waals surface area (Å²) in [6.07, 6.45) is 1.66. The maximum absolute atomic E-state index is 13.0. The molecule has 0 aromatic carbocycles. The summed E-state index contributed by atoms with van der Waals surface area (Å²) in [5, 5.41) is 2.69. The van der Waals surface area contributed by atoms with Gasteiger partial charge in [0.15, 0.2) is 11.6 Å². The lowest BCUT2D eigenvalue weighted by Crippen LogP contribution is -2.11. The summed E-state index contributed by atoms with van der Waals surface area (Å²) in [4.78, 5) is 14.5. The van der Waals surface area contributed by atoms with E-state index in [-0.39, 0.29) is 18.2 Å². The van der Waals surface area contributed by atoms with Crippen molar-refractivity contribution in [3.8, 4) is 0 Å². The van der Waals surface area contributed by atoms with E-state index in [0.29, 0.717) is 6.54 Å². The Kier molecular flexibility index (Phi) is 3.84. The SMILES string of the molecule is COC(=O)CCNc1ncccc1F. The van der Waals surface area contributed by atoms with Crippen LogP contribution in [0.25, 0.3) is 0 Å². The summed E-state index contributed by atoms with van der Waals surface area (Å²) in [5.41, 5.74) is 0. The average molecular weight is 198 g/mol. The molecule has 0 unspecified atom stereocenters. The van der Waals surface area contributed by atoms with Crippen molar-refractivity contribution in [3.63, 3.8) is 0 Å². The quantitative estimate of drug-likeness (QED) is 0.738. The molecule has 5 heteroatoms. The van der Waals surface area contributed by atoms with Crippen LogP contribution in [0.1, 0.15) is 6.42 Å². The summed E-state index contributed by atoms with van der Waals surface area (Å²) in [6, 6.07) is 2.80. The fraction of sp³-hybridized carbons (Fsp3) is 0.333. The molecule has 0 atom stereocenters. The van der Waals surface area contributed by atoms with Crippen molar-refractivity contribution in [1.82, 2.24) is 4.98 Å². The van der Waals surface area contributed by atoms with Gasteiger partial charge in [-0.3, -0.25) is 4.79 Å². The van der Waals surface area contributed by atoms with Crippen LogP contribution in [0.5, 0.6) is 0 Å². The largest absolute Gasteiger partial charge is 0.469 e. The van der Waals surface area contributed by atoms with Crippen molar-refractivity contribution in [1.29, 1.82) is 0 Å². The summed E-state index contributed by atoms with van der Waals surface area (Å²) >= 11 is 0. The van der Waals surface area contributed by atoms with Gasteiger partial charge in [-0.1, -0.05) is 0 Å². The summed E-state index contributed by atoms with van der Waals surface area (Å²) in [5.74, 6) is -0.623. The number of hydrogen-bond donors (Lipinski definition) is 1. The first-order valence-corrected chi connectivity index (χ1v) is 4.15. The van der Waals surface area contributed by atoms with Crippen molar-refractivity contribution in [2.75, 3.05) is 19.0 Å². The number of methoxy groups -OCH3 is 1. The highest BCUT2D eigenvalue weighted by Gasteiger charge is 2.03. The van der Waals surface area contributed by atoms with E-state index in [1.165, 1.54) is 25.4 Å². The number of aromatic nitrogens is 1. The third-order valence-electron chi connectivity index (χ3n) is 1.61. The topological polar surface area (TPSA) is 51.2 Å². The number of anilines is 1. The minimum absolute atomic E-state index is 0.149. The minimum atomic E-state index is -0.433. The van der Waals surface area contributed by atoms with Crippen LogP contribution in [0.15, 0.2) is 18.3 Å². The fourth-order valence-electron chi connectivity index (χ4n) is 0.901. The molecule has 0 aliphatic rings. The number of halogens is 1. The third kappa shape index (κ3) is 3.01. The Hall–Kier alpha value is -1.65. The molecule has 1 N–H and O–H groups in total. The summed E-state index contributed by atoms with van der Waals surface area (Å²) in [6.45, 7) is 0.306. The van der Waals surface area contributed by atoms with E-state index < -0.39 is 5.82 Å². The number of carbonyl (C=O) groups excluding carboxylic acids is 1. The van der Waals surface area contributed by atoms with Crippen LogP contribution in [-0.4, -0.2) is 24.6 Å². The lowest BCUT2D eigenvalue weighted by Gasteiger charge is -2.04. The fourth-order valence-corrected chi connectivity index (χ4v) is 0.901. The molecule has 76 valence electrons. The first-order valence-electron chi connectivity index (χ1n) is 4.15. The standard InChI is InChI=1S/C9H11FN2O2/c1-14-8(13)4-6-12-9-7(10)3-2-5-11-9/h2-3,5H,4,6H2,1H3,(H,11,12). The van der Waals surface area contributed by atoms with E-state index in [9.17, 15) is 9.18 Å². The number of carbonyl (C=O) groups is 1. The first-order chi connectivity index (χ1) is 6.74. The Morgan fingerprint density at radius 3 is 3.14 bits per heavy atom. The molecule has 4 nitrogen and oxygen atoms in total. The molecule has 0 saturated carbocycles. The molecular weight excluding hydrogens is 187 g/mol. The van der Waals surface area contributed by atoms with Gasteiger partial charge in [0, 0.05) is 12.7 Å². The van der Waals surface area contributed by atoms with Crippen LogP contribution in [0, 0.1) is 5.82 Å². The van der Waals surface area contributed by atoms with Gasteiger partial charge in [0.25, 0.3) is 0 Å². The smallest absolute Gasteiger partial charge is 0.307 e. The van der Waals surface area contributed by atoms with Gasteiger partial charge in [0.1, 0.15) is 0 Å². The van der Waals surface area contributed by atoms with Gasteiger partial charge >= 0.3 is 5.97 Å². The van der Waals surface area contributed by atoms with Crippen molar-refractivity contribution in [2.24, 2.45) is 0 Å². The van der Waals surface area contributed by atoms with Gasteiger partial charge in [0.2, 0.25) is 0 Å². The van der Waals surface area contributed by atoms with E-state index in [0.717, 1.165) is 0 Å². The van der Waals surface area contributed by atoms with E-state index in [2.05, 4.69) is 15.0 Å². The van der Waals surface area contributed by atoms with Crippen molar-refractivity contribution in [2.45, 2.75) is 6.42 Å². The van der Waals surface area contributed by atoms with Crippen LogP contribution in [0.3, 0.4) is 0 Å². The van der Waals surface area contributed by atoms with Crippen LogP contribution in [0.2, 0.25) is 0 Å². The van der Waals surface area contributed by atoms with Gasteiger partial charge in [-0.25, -0.2) is 9.37 Å². The Bertz CT molecular complexity index is 317. The molecule has 14 heavy (non-hydrogen) atoms. The molecule has 0 amide bonds. The maximum atomic E-state index is 13.0. The highest BCUT2D eigenvalue weighted by molar-refractivity contribution is 5.69. The number of rotatable bonds is 4. The zero-order valence-electron chi connectivity index (χ0n) is 7.79. The molecule has 1 rings (SSSR count). The highest BCUT2D eigenvalue weighted by atomic mass is 19.1. The van der Waals surface area contributed by atoms with Gasteiger partial charge in [-0.15, -0.1) is 0 Å². The predicted octanol–water partition coefficient (Wildman–Crippen LogP) is 1.20. The average Bonchev–Trinajstić information content (AvgIpc) is 2.20. The lowest BCUT2D eigenvalue weighted by molar-refractivity contribution is -0.140. The Labute approximate surface area is 81.1 Å². The van der Waals surface area contributed by atoms with E-state index >= 15 is 0 Å². The van der Waals surface area contributed by atoms with Crippen molar-refractivity contribution >= 4 is 11.8 Å². The zero-order chi connectivity index (χ0) is 10.4. The summed E-state index contributed by atoms with van der Waals surface area (Å²) < 4.78 is 17.4. The van der Waals surface area contributed by atoms with Gasteiger partial charge in [-0.05, 0) is 12.1 Å². The van der Waals surface area contributed by atoms with Crippen molar-refractivity contribution in [3.05, 3.63) is 24.1 Å². The summed E-state index contributed by atoms with van der Waals surface area (Å²) in [7, 11) is 1.31. The minimum Gasteiger partial charge on any atom is -0.469 e. The molecule has 0 spiro atoms. The number of ether oxygens (including phenoxy) is 1. The number of nitrogens with one attached hydrogen (secondary N) is 1. The molecule has 0 radical (unpaired) electrons. The Morgan fingerprint density at radius 1 is 1.71 bits per heavy atom. The highest BCUT2D eigenvalue weighted by Crippen LogP contribution is 2.07. The van der Waals surface area contributed by atoms with Gasteiger partial charge in [-0.2, -0.15) is 0 Å². The number of nitrogens with zero attached hydrogens (tertiary/aromatic N) is 1. The van der Waals surface area contributed by atoms with E-state index in [1.807, 2.05) is 0 Å². The molecule has 1 aromatic heterocycles. The monoisotopic (exact) mass is 198 g/mol. The van der Waals surface area contributed by atoms with Gasteiger partial charge < -0.3 is 10.1 Å². The second kappa shape index (κ2) is 5.16. The Morgan fingerprint density at radius 2 is 2.50 bits per heavy atom. The zero-order valence-corrected chi connectivity index (χ0v) is 7.79. The predicted molar refractivity (Wildman–Crippen MR) is 49.3 cm³/mol.